The molecule has 1 aromatic carbocycles. The van der Waals surface area contributed by atoms with E-state index in [1.807, 2.05) is 0 Å². The molecule has 1 atom stereocenters. The summed E-state index contributed by atoms with van der Waals surface area (Å²) in [5.41, 5.74) is 1.55. The molecule has 0 saturated heterocycles. The van der Waals surface area contributed by atoms with E-state index in [0.717, 1.165) is 17.4 Å². The Morgan fingerprint density at radius 2 is 1.94 bits per heavy atom. The number of hydrogen-bond acceptors (Lipinski definition) is 1. The number of benzene rings is 1. The van der Waals surface area contributed by atoms with Gasteiger partial charge in [0.25, 0.3) is 0 Å². The van der Waals surface area contributed by atoms with Gasteiger partial charge in [0.15, 0.2) is 0 Å². The van der Waals surface area contributed by atoms with Crippen LogP contribution in [0.1, 0.15) is 33.3 Å². The number of nitrogens with one attached hydrogen (secondary N) is 1. The average molecular weight is 310 g/mol. The molecule has 0 spiro atoms. The quantitative estimate of drug-likeness (QED) is 0.785. The molecule has 0 amide bonds. The van der Waals surface area contributed by atoms with Gasteiger partial charge < -0.3 is 5.32 Å². The summed E-state index contributed by atoms with van der Waals surface area (Å²) in [6, 6.07) is 8.49. The summed E-state index contributed by atoms with van der Waals surface area (Å²) >= 11 is 3.52. The van der Waals surface area contributed by atoms with Crippen LogP contribution in [0.4, 0.5) is 0 Å². The molecule has 0 aromatic heterocycles. The van der Waals surface area contributed by atoms with Gasteiger partial charge in [-0.25, -0.2) is 0 Å². The lowest BCUT2D eigenvalue weighted by atomic mass is 9.83. The third-order valence-electron chi connectivity index (χ3n) is 3.01. The van der Waals surface area contributed by atoms with E-state index in [9.17, 15) is 0 Å². The van der Waals surface area contributed by atoms with Crippen LogP contribution in [-0.4, -0.2) is 12.1 Å². The van der Waals surface area contributed by atoms with Crippen molar-refractivity contribution in [2.75, 3.05) is 6.54 Å². The average Bonchev–Trinajstić information content (AvgIpc) is 2.26. The van der Waals surface area contributed by atoms with Crippen molar-refractivity contribution in [2.24, 2.45) is 5.41 Å². The summed E-state index contributed by atoms with van der Waals surface area (Å²) < 4.78 is 1.13. The maximum atomic E-state index is 4.00. The Labute approximate surface area is 120 Å². The van der Waals surface area contributed by atoms with E-state index in [1.165, 1.54) is 5.56 Å². The second kappa shape index (κ2) is 6.03. The highest BCUT2D eigenvalue weighted by Gasteiger charge is 2.23. The van der Waals surface area contributed by atoms with Crippen LogP contribution < -0.4 is 5.32 Å². The molecule has 1 nitrogen and oxygen atoms in total. The van der Waals surface area contributed by atoms with E-state index in [1.54, 1.807) is 0 Å². The topological polar surface area (TPSA) is 12.0 Å². The molecule has 1 rings (SSSR count). The number of halogens is 1. The van der Waals surface area contributed by atoms with Crippen LogP contribution in [0.5, 0.6) is 0 Å². The Bertz CT molecular complexity index is 406. The molecule has 0 saturated carbocycles. The first-order chi connectivity index (χ1) is 8.24. The van der Waals surface area contributed by atoms with Crippen molar-refractivity contribution in [3.05, 3.63) is 47.0 Å². The lowest BCUT2D eigenvalue weighted by Crippen LogP contribution is -2.43. The lowest BCUT2D eigenvalue weighted by Gasteiger charge is -2.31. The summed E-state index contributed by atoms with van der Waals surface area (Å²) in [6.45, 7) is 13.8. The zero-order chi connectivity index (χ0) is 13.8. The Morgan fingerprint density at radius 1 is 1.28 bits per heavy atom. The maximum Gasteiger partial charge on any atom is 0.0178 e. The number of hydrogen-bond donors (Lipinski definition) is 1. The summed E-state index contributed by atoms with van der Waals surface area (Å²) in [7, 11) is 0. The molecule has 0 heterocycles. The molecule has 100 valence electrons. The van der Waals surface area contributed by atoms with Gasteiger partial charge in [0.2, 0.25) is 0 Å². The predicted octanol–water partition coefficient (Wildman–Crippen LogP) is 4.57. The van der Waals surface area contributed by atoms with Crippen LogP contribution in [0, 0.1) is 5.41 Å². The summed E-state index contributed by atoms with van der Waals surface area (Å²) in [6.07, 6.45) is 3.06. The van der Waals surface area contributed by atoms with Crippen molar-refractivity contribution in [1.29, 1.82) is 0 Å². The molecule has 1 aromatic rings. The maximum absolute atomic E-state index is 4.00. The van der Waals surface area contributed by atoms with Gasteiger partial charge in [0.05, 0.1) is 0 Å². The monoisotopic (exact) mass is 309 g/mol. The largest absolute Gasteiger partial charge is 0.311 e. The van der Waals surface area contributed by atoms with Crippen molar-refractivity contribution < 1.29 is 0 Å². The minimum atomic E-state index is 0.0775. The van der Waals surface area contributed by atoms with Gasteiger partial charge in [-0.05, 0) is 44.9 Å². The molecular formula is C16H24BrN. The number of rotatable bonds is 5. The van der Waals surface area contributed by atoms with Crippen molar-refractivity contribution in [3.8, 4) is 0 Å². The Balaban J connectivity index is 2.73. The normalized spacial score (nSPS) is 15.2. The van der Waals surface area contributed by atoms with Crippen molar-refractivity contribution in [1.82, 2.24) is 5.32 Å². The van der Waals surface area contributed by atoms with Crippen LogP contribution in [0.15, 0.2) is 41.4 Å². The fourth-order valence-corrected chi connectivity index (χ4v) is 2.23. The van der Waals surface area contributed by atoms with Gasteiger partial charge in [-0.2, -0.15) is 0 Å². The molecule has 0 bridgehead atoms. The summed E-state index contributed by atoms with van der Waals surface area (Å²) in [5.74, 6) is 0. The molecule has 0 aliphatic heterocycles. The molecule has 0 aliphatic rings. The SMILES string of the molecule is C=CC(C)(CNC(C)(C)C)Cc1cccc(Br)c1. The fourth-order valence-electron chi connectivity index (χ4n) is 1.79. The molecule has 1 unspecified atom stereocenters. The van der Waals surface area contributed by atoms with Crippen LogP contribution in [-0.2, 0) is 6.42 Å². The fraction of sp³-hybridized carbons (Fsp3) is 0.500. The highest BCUT2D eigenvalue weighted by Crippen LogP contribution is 2.25. The molecule has 0 aliphatic carbocycles. The first kappa shape index (κ1) is 15.5. The van der Waals surface area contributed by atoms with E-state index < -0.39 is 0 Å². The van der Waals surface area contributed by atoms with E-state index >= 15 is 0 Å². The first-order valence-corrected chi connectivity index (χ1v) is 7.16. The zero-order valence-corrected chi connectivity index (χ0v) is 13.5. The van der Waals surface area contributed by atoms with Crippen molar-refractivity contribution >= 4 is 15.9 Å². The first-order valence-electron chi connectivity index (χ1n) is 6.37. The van der Waals surface area contributed by atoms with Gasteiger partial charge >= 0.3 is 0 Å². The van der Waals surface area contributed by atoms with E-state index in [4.69, 9.17) is 0 Å². The van der Waals surface area contributed by atoms with Crippen LogP contribution in [0.25, 0.3) is 0 Å². The second-order valence-corrected chi connectivity index (χ2v) is 7.18. The molecule has 2 heteroatoms. The molecule has 1 N–H and O–H groups in total. The van der Waals surface area contributed by atoms with Crippen molar-refractivity contribution in [3.63, 3.8) is 0 Å². The van der Waals surface area contributed by atoms with E-state index in [0.29, 0.717) is 0 Å². The predicted molar refractivity (Wildman–Crippen MR) is 83.9 cm³/mol. The smallest absolute Gasteiger partial charge is 0.0178 e. The van der Waals surface area contributed by atoms with E-state index in [2.05, 4.69) is 85.9 Å². The van der Waals surface area contributed by atoms with E-state index in [-0.39, 0.29) is 11.0 Å². The Morgan fingerprint density at radius 3 is 2.44 bits per heavy atom. The van der Waals surface area contributed by atoms with Gasteiger partial charge in [-0.1, -0.05) is 41.1 Å². The highest BCUT2D eigenvalue weighted by molar-refractivity contribution is 9.10. The second-order valence-electron chi connectivity index (χ2n) is 6.27. The highest BCUT2D eigenvalue weighted by atomic mass is 79.9. The van der Waals surface area contributed by atoms with Crippen LogP contribution in [0.2, 0.25) is 0 Å². The standard InChI is InChI=1S/C16H24BrN/c1-6-16(5,12-18-15(2,3)4)11-13-8-7-9-14(17)10-13/h6-10,18H,1,11-12H2,2-5H3. The summed E-state index contributed by atoms with van der Waals surface area (Å²) in [4.78, 5) is 0. The van der Waals surface area contributed by atoms with Crippen LogP contribution in [0.3, 0.4) is 0 Å². The third-order valence-corrected chi connectivity index (χ3v) is 3.51. The van der Waals surface area contributed by atoms with Gasteiger partial charge in [0, 0.05) is 22.0 Å². The Hall–Kier alpha value is -0.600. The molecule has 0 fully saturated rings. The van der Waals surface area contributed by atoms with Crippen LogP contribution >= 0.6 is 15.9 Å². The summed E-state index contributed by atoms with van der Waals surface area (Å²) in [5, 5.41) is 3.57. The zero-order valence-electron chi connectivity index (χ0n) is 11.9. The Kier molecular flexibility index (Phi) is 5.18. The van der Waals surface area contributed by atoms with Gasteiger partial charge in [-0.15, -0.1) is 6.58 Å². The third kappa shape index (κ3) is 5.36. The minimum Gasteiger partial charge on any atom is -0.311 e. The van der Waals surface area contributed by atoms with Gasteiger partial charge in [0.1, 0.15) is 0 Å². The minimum absolute atomic E-state index is 0.0775. The van der Waals surface area contributed by atoms with Crippen molar-refractivity contribution in [2.45, 2.75) is 39.7 Å². The lowest BCUT2D eigenvalue weighted by molar-refractivity contribution is 0.322. The molecule has 18 heavy (non-hydrogen) atoms. The molecule has 0 radical (unpaired) electrons. The molecular weight excluding hydrogens is 286 g/mol. The van der Waals surface area contributed by atoms with Gasteiger partial charge in [-0.3, -0.25) is 0 Å².